The Balaban J connectivity index is 1.42. The molecule has 2 aliphatic rings. The van der Waals surface area contributed by atoms with Crippen molar-refractivity contribution in [2.45, 2.75) is 37.8 Å². The molecule has 0 saturated carbocycles. The Hall–Kier alpha value is -2.62. The second kappa shape index (κ2) is 7.09. The highest BCUT2D eigenvalue weighted by molar-refractivity contribution is 6.39. The third-order valence-corrected chi connectivity index (χ3v) is 5.04. The minimum Gasteiger partial charge on any atom is -0.387 e. The lowest BCUT2D eigenvalue weighted by Crippen LogP contribution is -2.40. The van der Waals surface area contributed by atoms with Gasteiger partial charge in [0.05, 0.1) is 0 Å². The summed E-state index contributed by atoms with van der Waals surface area (Å²) in [5.41, 5.74) is 2.89. The maximum Gasteiger partial charge on any atom is 0.272 e. The van der Waals surface area contributed by atoms with E-state index in [9.17, 15) is 4.79 Å². The molecule has 1 saturated heterocycles. The van der Waals surface area contributed by atoms with Crippen molar-refractivity contribution in [1.29, 1.82) is 0 Å². The molecule has 2 aliphatic heterocycles. The molecule has 2 aromatic rings. The van der Waals surface area contributed by atoms with Gasteiger partial charge in [-0.05, 0) is 30.4 Å². The highest BCUT2D eigenvalue weighted by Gasteiger charge is 2.35. The minimum atomic E-state index is -0.143. The summed E-state index contributed by atoms with van der Waals surface area (Å²) >= 11 is 0. The quantitative estimate of drug-likeness (QED) is 0.855. The maximum absolute atomic E-state index is 12.9. The third kappa shape index (κ3) is 3.43. The molecule has 1 amide bonds. The fourth-order valence-corrected chi connectivity index (χ4v) is 3.72. The summed E-state index contributed by atoms with van der Waals surface area (Å²) in [6, 6.07) is 20.6. The summed E-state index contributed by atoms with van der Waals surface area (Å²) < 4.78 is 0. The van der Waals surface area contributed by atoms with Crippen molar-refractivity contribution in [1.82, 2.24) is 4.90 Å². The van der Waals surface area contributed by atoms with Gasteiger partial charge in [-0.2, -0.15) is 0 Å². The van der Waals surface area contributed by atoms with Crippen molar-refractivity contribution in [2.75, 3.05) is 6.54 Å². The van der Waals surface area contributed by atoms with E-state index in [0.29, 0.717) is 12.1 Å². The third-order valence-electron chi connectivity index (χ3n) is 5.04. The smallest absolute Gasteiger partial charge is 0.272 e. The van der Waals surface area contributed by atoms with Crippen LogP contribution >= 0.6 is 0 Å². The fourth-order valence-electron chi connectivity index (χ4n) is 3.72. The fraction of sp³-hybridized carbons (Fsp3) is 0.333. The first-order valence-corrected chi connectivity index (χ1v) is 8.94. The van der Waals surface area contributed by atoms with Gasteiger partial charge in [0.25, 0.3) is 5.91 Å². The van der Waals surface area contributed by atoms with Crippen molar-refractivity contribution < 1.29 is 9.63 Å². The number of benzene rings is 2. The molecular formula is C21H22N2O2. The van der Waals surface area contributed by atoms with Crippen molar-refractivity contribution in [3.8, 4) is 0 Å². The molecule has 0 radical (unpaired) electrons. The Bertz CT molecular complexity index is 758. The molecule has 2 aromatic carbocycles. The molecule has 4 heteroatoms. The first-order chi connectivity index (χ1) is 12.3. The van der Waals surface area contributed by atoms with Crippen LogP contribution in [0.1, 0.15) is 36.5 Å². The zero-order valence-electron chi connectivity index (χ0n) is 14.2. The number of carbonyl (C=O) groups is 1. The Labute approximate surface area is 148 Å². The van der Waals surface area contributed by atoms with Crippen molar-refractivity contribution >= 4 is 11.6 Å². The second-order valence-corrected chi connectivity index (χ2v) is 6.73. The zero-order chi connectivity index (χ0) is 17.1. The molecule has 0 N–H and O–H groups in total. The normalized spacial score (nSPS) is 22.6. The summed E-state index contributed by atoms with van der Waals surface area (Å²) in [5.74, 6) is 0.0388. The highest BCUT2D eigenvalue weighted by Crippen LogP contribution is 2.29. The van der Waals surface area contributed by atoms with E-state index in [4.69, 9.17) is 4.84 Å². The first-order valence-electron chi connectivity index (χ1n) is 8.94. The molecule has 4 rings (SSSR count). The molecule has 2 heterocycles. The van der Waals surface area contributed by atoms with E-state index in [1.54, 1.807) is 0 Å². The molecule has 128 valence electrons. The van der Waals surface area contributed by atoms with E-state index in [1.807, 2.05) is 41.3 Å². The standard InChI is InChI=1S/C21H22N2O2/c24-21(19-15-20(25-22-19)17-10-5-2-6-11-17)23-13-7-12-18(23)14-16-8-3-1-4-9-16/h1-6,8-11,18,20H,7,12-15H2. The summed E-state index contributed by atoms with van der Waals surface area (Å²) in [4.78, 5) is 20.5. The van der Waals surface area contributed by atoms with Crippen LogP contribution in [-0.2, 0) is 16.1 Å². The van der Waals surface area contributed by atoms with Crippen LogP contribution in [0.15, 0.2) is 65.8 Å². The average molecular weight is 334 g/mol. The van der Waals surface area contributed by atoms with Crippen LogP contribution in [0.25, 0.3) is 0 Å². The van der Waals surface area contributed by atoms with E-state index in [0.717, 1.165) is 31.4 Å². The van der Waals surface area contributed by atoms with Crippen LogP contribution in [0, 0.1) is 0 Å². The molecule has 2 unspecified atom stereocenters. The summed E-state index contributed by atoms with van der Waals surface area (Å²) in [6.45, 7) is 0.811. The predicted molar refractivity (Wildman–Crippen MR) is 97.2 cm³/mol. The van der Waals surface area contributed by atoms with Gasteiger partial charge in [0, 0.05) is 19.0 Å². The van der Waals surface area contributed by atoms with E-state index in [2.05, 4.69) is 29.4 Å². The number of rotatable bonds is 4. The average Bonchev–Trinajstić information content (AvgIpc) is 3.32. The molecule has 0 bridgehead atoms. The molecule has 0 aromatic heterocycles. The largest absolute Gasteiger partial charge is 0.387 e. The zero-order valence-corrected chi connectivity index (χ0v) is 14.2. The molecule has 25 heavy (non-hydrogen) atoms. The van der Waals surface area contributed by atoms with Crippen LogP contribution < -0.4 is 0 Å². The number of nitrogens with zero attached hydrogens (tertiary/aromatic N) is 2. The molecule has 1 fully saturated rings. The Kier molecular flexibility index (Phi) is 4.51. The summed E-state index contributed by atoms with van der Waals surface area (Å²) in [6.07, 6.45) is 3.42. The van der Waals surface area contributed by atoms with Gasteiger partial charge in [0.1, 0.15) is 5.71 Å². The van der Waals surface area contributed by atoms with E-state index in [-0.39, 0.29) is 18.1 Å². The van der Waals surface area contributed by atoms with Gasteiger partial charge in [-0.3, -0.25) is 4.79 Å². The molecule has 0 spiro atoms. The number of hydrogen-bond acceptors (Lipinski definition) is 3. The molecule has 2 atom stereocenters. The number of hydrogen-bond donors (Lipinski definition) is 0. The van der Waals surface area contributed by atoms with Crippen LogP contribution in [0.2, 0.25) is 0 Å². The van der Waals surface area contributed by atoms with Gasteiger partial charge in [-0.1, -0.05) is 65.8 Å². The summed E-state index contributed by atoms with van der Waals surface area (Å²) in [5, 5.41) is 4.10. The Morgan fingerprint density at radius 3 is 2.56 bits per heavy atom. The van der Waals surface area contributed by atoms with Crippen molar-refractivity contribution in [3.05, 3.63) is 71.8 Å². The monoisotopic (exact) mass is 334 g/mol. The molecule has 0 aliphatic carbocycles. The van der Waals surface area contributed by atoms with Crippen LogP contribution in [0.3, 0.4) is 0 Å². The van der Waals surface area contributed by atoms with Crippen molar-refractivity contribution in [2.24, 2.45) is 5.16 Å². The van der Waals surface area contributed by atoms with Gasteiger partial charge in [0.15, 0.2) is 6.10 Å². The molecule has 4 nitrogen and oxygen atoms in total. The van der Waals surface area contributed by atoms with Crippen LogP contribution in [0.4, 0.5) is 0 Å². The SMILES string of the molecule is O=C(C1=NOC(c2ccccc2)C1)N1CCCC1Cc1ccccc1. The van der Waals surface area contributed by atoms with Crippen LogP contribution in [-0.4, -0.2) is 29.1 Å². The lowest BCUT2D eigenvalue weighted by molar-refractivity contribution is -0.124. The predicted octanol–water partition coefficient (Wildman–Crippen LogP) is 3.74. The van der Waals surface area contributed by atoms with E-state index in [1.165, 1.54) is 5.56 Å². The van der Waals surface area contributed by atoms with E-state index < -0.39 is 0 Å². The van der Waals surface area contributed by atoms with Gasteiger partial charge in [0.2, 0.25) is 0 Å². The van der Waals surface area contributed by atoms with Crippen molar-refractivity contribution in [3.63, 3.8) is 0 Å². The number of carbonyl (C=O) groups excluding carboxylic acids is 1. The van der Waals surface area contributed by atoms with Gasteiger partial charge < -0.3 is 9.74 Å². The van der Waals surface area contributed by atoms with Gasteiger partial charge in [-0.15, -0.1) is 0 Å². The van der Waals surface area contributed by atoms with E-state index >= 15 is 0 Å². The van der Waals surface area contributed by atoms with Crippen LogP contribution in [0.5, 0.6) is 0 Å². The second-order valence-electron chi connectivity index (χ2n) is 6.73. The minimum absolute atomic E-state index is 0.0388. The molecular weight excluding hydrogens is 312 g/mol. The number of amides is 1. The first kappa shape index (κ1) is 15.9. The van der Waals surface area contributed by atoms with Gasteiger partial charge >= 0.3 is 0 Å². The Morgan fingerprint density at radius 2 is 1.80 bits per heavy atom. The lowest BCUT2D eigenvalue weighted by atomic mass is 10.0. The summed E-state index contributed by atoms with van der Waals surface area (Å²) in [7, 11) is 0. The topological polar surface area (TPSA) is 41.9 Å². The Morgan fingerprint density at radius 1 is 1.08 bits per heavy atom. The maximum atomic E-state index is 12.9. The lowest BCUT2D eigenvalue weighted by Gasteiger charge is -2.24. The van der Waals surface area contributed by atoms with Gasteiger partial charge in [-0.25, -0.2) is 0 Å². The number of likely N-dealkylation sites (tertiary alicyclic amines) is 1. The highest BCUT2D eigenvalue weighted by atomic mass is 16.6. The number of oxime groups is 1.